The zero-order chi connectivity index (χ0) is 16.2. The molecule has 0 spiro atoms. The Morgan fingerprint density at radius 3 is 2.83 bits per heavy atom. The number of rotatable bonds is 6. The Labute approximate surface area is 135 Å². The first-order chi connectivity index (χ1) is 11.1. The van der Waals surface area contributed by atoms with Crippen molar-refractivity contribution in [3.05, 3.63) is 35.0 Å². The van der Waals surface area contributed by atoms with Crippen LogP contribution in [0.1, 0.15) is 48.9 Å². The molecule has 0 atom stereocenters. The molecule has 5 nitrogen and oxygen atoms in total. The van der Waals surface area contributed by atoms with E-state index in [0.29, 0.717) is 13.0 Å². The second-order valence-corrected chi connectivity index (χ2v) is 6.19. The lowest BCUT2D eigenvalue weighted by Crippen LogP contribution is -2.22. The molecule has 2 aromatic rings. The number of carboxylic acids is 1. The Morgan fingerprint density at radius 1 is 1.17 bits per heavy atom. The van der Waals surface area contributed by atoms with Crippen LogP contribution >= 0.6 is 0 Å². The highest BCUT2D eigenvalue weighted by molar-refractivity contribution is 5.85. The van der Waals surface area contributed by atoms with Crippen molar-refractivity contribution in [2.75, 3.05) is 0 Å². The molecule has 3 rings (SSSR count). The summed E-state index contributed by atoms with van der Waals surface area (Å²) in [5.41, 5.74) is 5.05. The minimum Gasteiger partial charge on any atom is -0.481 e. The number of carboxylic acid groups (broad SMARTS) is 1. The Hall–Kier alpha value is -2.30. The molecule has 1 aliphatic rings. The summed E-state index contributed by atoms with van der Waals surface area (Å²) in [4.78, 5) is 25.7. The molecule has 0 aliphatic heterocycles. The quantitative estimate of drug-likeness (QED) is 0.766. The lowest BCUT2D eigenvalue weighted by Gasteiger charge is -2.10. The van der Waals surface area contributed by atoms with Crippen molar-refractivity contribution < 1.29 is 14.7 Å². The SMILES string of the molecule is O=C(O)CCCC(=O)NCc1ccc2[nH]c3c(c2c1)CCCC3. The van der Waals surface area contributed by atoms with Gasteiger partial charge in [0.05, 0.1) is 0 Å². The Bertz CT molecular complexity index is 733. The molecular formula is C18H22N2O3. The van der Waals surface area contributed by atoms with Gasteiger partial charge < -0.3 is 15.4 Å². The molecular weight excluding hydrogens is 292 g/mol. The summed E-state index contributed by atoms with van der Waals surface area (Å²) in [6.07, 6.45) is 5.41. The molecule has 0 unspecified atom stereocenters. The average molecular weight is 314 g/mol. The van der Waals surface area contributed by atoms with E-state index in [1.54, 1.807) is 0 Å². The topological polar surface area (TPSA) is 82.2 Å². The van der Waals surface area contributed by atoms with E-state index in [1.807, 2.05) is 6.07 Å². The van der Waals surface area contributed by atoms with Crippen LogP contribution in [-0.2, 0) is 29.0 Å². The fourth-order valence-corrected chi connectivity index (χ4v) is 3.25. The van der Waals surface area contributed by atoms with E-state index in [2.05, 4.69) is 22.4 Å². The van der Waals surface area contributed by atoms with E-state index in [4.69, 9.17) is 5.11 Å². The van der Waals surface area contributed by atoms with Crippen LogP contribution in [0.25, 0.3) is 10.9 Å². The summed E-state index contributed by atoms with van der Waals surface area (Å²) >= 11 is 0. The Kier molecular flexibility index (Phi) is 4.65. The van der Waals surface area contributed by atoms with E-state index in [9.17, 15) is 9.59 Å². The minimum atomic E-state index is -0.861. The van der Waals surface area contributed by atoms with Crippen LogP contribution in [0.5, 0.6) is 0 Å². The number of carbonyl (C=O) groups excluding carboxylic acids is 1. The van der Waals surface area contributed by atoms with Crippen LogP contribution in [0.15, 0.2) is 18.2 Å². The summed E-state index contributed by atoms with van der Waals surface area (Å²) in [7, 11) is 0. The fraction of sp³-hybridized carbons (Fsp3) is 0.444. The zero-order valence-corrected chi connectivity index (χ0v) is 13.2. The number of fused-ring (bicyclic) bond motifs is 3. The first-order valence-electron chi connectivity index (χ1n) is 8.24. The van der Waals surface area contributed by atoms with Crippen molar-refractivity contribution in [3.63, 3.8) is 0 Å². The number of aromatic amines is 1. The zero-order valence-electron chi connectivity index (χ0n) is 13.2. The highest BCUT2D eigenvalue weighted by Crippen LogP contribution is 2.29. The summed E-state index contributed by atoms with van der Waals surface area (Å²) in [5, 5.41) is 12.7. The van der Waals surface area contributed by atoms with E-state index >= 15 is 0 Å². The molecule has 0 fully saturated rings. The molecule has 1 aromatic heterocycles. The number of benzene rings is 1. The van der Waals surface area contributed by atoms with Gasteiger partial charge in [0, 0.05) is 36.0 Å². The van der Waals surface area contributed by atoms with Crippen molar-refractivity contribution in [2.45, 2.75) is 51.5 Å². The normalized spacial score (nSPS) is 13.7. The van der Waals surface area contributed by atoms with E-state index < -0.39 is 5.97 Å². The van der Waals surface area contributed by atoms with Crippen molar-refractivity contribution in [1.82, 2.24) is 10.3 Å². The van der Waals surface area contributed by atoms with Gasteiger partial charge >= 0.3 is 5.97 Å². The number of aliphatic carboxylic acids is 1. The van der Waals surface area contributed by atoms with E-state index in [0.717, 1.165) is 18.4 Å². The van der Waals surface area contributed by atoms with Gasteiger partial charge in [0.2, 0.25) is 5.91 Å². The highest BCUT2D eigenvalue weighted by atomic mass is 16.4. The van der Waals surface area contributed by atoms with Crippen molar-refractivity contribution >= 4 is 22.8 Å². The Balaban J connectivity index is 1.62. The number of hydrogen-bond donors (Lipinski definition) is 3. The molecule has 1 aromatic carbocycles. The predicted molar refractivity (Wildman–Crippen MR) is 88.3 cm³/mol. The van der Waals surface area contributed by atoms with Crippen LogP contribution < -0.4 is 5.32 Å². The molecule has 122 valence electrons. The van der Waals surface area contributed by atoms with Crippen LogP contribution in [-0.4, -0.2) is 22.0 Å². The van der Waals surface area contributed by atoms with Gasteiger partial charge in [-0.25, -0.2) is 0 Å². The van der Waals surface area contributed by atoms with E-state index in [-0.39, 0.29) is 18.7 Å². The van der Waals surface area contributed by atoms with Gasteiger partial charge in [-0.15, -0.1) is 0 Å². The number of H-pyrrole nitrogens is 1. The average Bonchev–Trinajstić information content (AvgIpc) is 2.90. The van der Waals surface area contributed by atoms with Crippen molar-refractivity contribution in [3.8, 4) is 0 Å². The van der Waals surface area contributed by atoms with Gasteiger partial charge in [0.15, 0.2) is 0 Å². The second kappa shape index (κ2) is 6.86. The summed E-state index contributed by atoms with van der Waals surface area (Å²) in [6, 6.07) is 6.27. The smallest absolute Gasteiger partial charge is 0.303 e. The molecule has 0 saturated heterocycles. The van der Waals surface area contributed by atoms with Crippen LogP contribution in [0.2, 0.25) is 0 Å². The molecule has 1 heterocycles. The van der Waals surface area contributed by atoms with Crippen molar-refractivity contribution in [2.24, 2.45) is 0 Å². The number of nitrogens with one attached hydrogen (secondary N) is 2. The predicted octanol–water partition coefficient (Wildman–Crippen LogP) is 2.92. The minimum absolute atomic E-state index is 0.0366. The molecule has 0 radical (unpaired) electrons. The maximum absolute atomic E-state index is 11.7. The second-order valence-electron chi connectivity index (χ2n) is 6.19. The summed E-state index contributed by atoms with van der Waals surface area (Å²) < 4.78 is 0. The molecule has 1 aliphatic carbocycles. The van der Waals surface area contributed by atoms with Gasteiger partial charge in [-0.3, -0.25) is 9.59 Å². The van der Waals surface area contributed by atoms with Crippen molar-refractivity contribution in [1.29, 1.82) is 0 Å². The number of hydrogen-bond acceptors (Lipinski definition) is 2. The first kappa shape index (κ1) is 15.6. The number of carbonyl (C=O) groups is 2. The van der Waals surface area contributed by atoms with Gasteiger partial charge in [0.1, 0.15) is 0 Å². The third-order valence-corrected chi connectivity index (χ3v) is 4.45. The molecule has 3 N–H and O–H groups in total. The first-order valence-corrected chi connectivity index (χ1v) is 8.24. The number of aromatic nitrogens is 1. The molecule has 0 bridgehead atoms. The third kappa shape index (κ3) is 3.73. The van der Waals surface area contributed by atoms with Gasteiger partial charge in [-0.2, -0.15) is 0 Å². The highest BCUT2D eigenvalue weighted by Gasteiger charge is 2.15. The third-order valence-electron chi connectivity index (χ3n) is 4.45. The number of amides is 1. The summed E-state index contributed by atoms with van der Waals surface area (Å²) in [6.45, 7) is 0.488. The van der Waals surface area contributed by atoms with Gasteiger partial charge in [-0.05, 0) is 55.4 Å². The van der Waals surface area contributed by atoms with Crippen LogP contribution in [0, 0.1) is 0 Å². The van der Waals surface area contributed by atoms with Gasteiger partial charge in [-0.1, -0.05) is 6.07 Å². The summed E-state index contributed by atoms with van der Waals surface area (Å²) in [5.74, 6) is -0.956. The Morgan fingerprint density at radius 2 is 2.00 bits per heavy atom. The molecule has 23 heavy (non-hydrogen) atoms. The lowest BCUT2D eigenvalue weighted by molar-refractivity contribution is -0.137. The van der Waals surface area contributed by atoms with Crippen LogP contribution in [0.4, 0.5) is 0 Å². The monoisotopic (exact) mass is 314 g/mol. The molecule has 0 saturated carbocycles. The lowest BCUT2D eigenvalue weighted by atomic mass is 9.95. The maximum atomic E-state index is 11.7. The van der Waals surface area contributed by atoms with Gasteiger partial charge in [0.25, 0.3) is 0 Å². The maximum Gasteiger partial charge on any atom is 0.303 e. The molecule has 5 heteroatoms. The molecule has 1 amide bonds. The number of aryl methyl sites for hydroxylation is 2. The van der Waals surface area contributed by atoms with E-state index in [1.165, 1.54) is 35.0 Å². The van der Waals surface area contributed by atoms with Crippen LogP contribution in [0.3, 0.4) is 0 Å². The standard InChI is InChI=1S/C18H22N2O3/c21-17(6-3-7-18(22)23)19-11-12-8-9-16-14(10-12)13-4-1-2-5-15(13)20-16/h8-10,20H,1-7,11H2,(H,19,21)(H,22,23). The fourth-order valence-electron chi connectivity index (χ4n) is 3.25. The largest absolute Gasteiger partial charge is 0.481 e.